The Morgan fingerprint density at radius 3 is 2.23 bits per heavy atom. The van der Waals surface area contributed by atoms with Crippen LogP contribution in [0.15, 0.2) is 72.3 Å². The van der Waals surface area contributed by atoms with Crippen molar-refractivity contribution in [1.82, 2.24) is 0 Å². The summed E-state index contributed by atoms with van der Waals surface area (Å²) in [5, 5.41) is 11.7. The van der Waals surface area contributed by atoms with Crippen molar-refractivity contribution in [3.05, 3.63) is 105 Å². The molecule has 0 aromatic heterocycles. The van der Waals surface area contributed by atoms with Gasteiger partial charge in [-0.1, -0.05) is 60.1 Å². The van der Waals surface area contributed by atoms with Gasteiger partial charge in [0.2, 0.25) is 0 Å². The van der Waals surface area contributed by atoms with Crippen LogP contribution in [0.4, 0.5) is 5.69 Å². The molecule has 4 nitrogen and oxygen atoms in total. The van der Waals surface area contributed by atoms with Gasteiger partial charge in [-0.3, -0.25) is 14.5 Å². The summed E-state index contributed by atoms with van der Waals surface area (Å²) in [6, 6.07) is 19.2. The number of rotatable bonds is 3. The molecule has 1 fully saturated rings. The van der Waals surface area contributed by atoms with Crippen LogP contribution in [-0.2, 0) is 9.59 Å². The Morgan fingerprint density at radius 2 is 1.55 bits per heavy atom. The molecule has 156 valence electrons. The highest BCUT2D eigenvalue weighted by atomic mass is 35.5. The first-order valence-corrected chi connectivity index (χ1v) is 10.4. The van der Waals surface area contributed by atoms with Gasteiger partial charge in [0.25, 0.3) is 11.7 Å². The monoisotopic (exact) mass is 431 g/mol. The number of halogens is 1. The van der Waals surface area contributed by atoms with E-state index in [0.29, 0.717) is 16.3 Å². The van der Waals surface area contributed by atoms with Crippen LogP contribution < -0.4 is 4.90 Å². The van der Waals surface area contributed by atoms with Crippen LogP contribution in [0.1, 0.15) is 33.9 Å². The van der Waals surface area contributed by atoms with Crippen LogP contribution >= 0.6 is 11.6 Å². The van der Waals surface area contributed by atoms with E-state index in [1.165, 1.54) is 4.90 Å². The van der Waals surface area contributed by atoms with E-state index < -0.39 is 17.7 Å². The van der Waals surface area contributed by atoms with Crippen LogP contribution in [0.25, 0.3) is 5.76 Å². The van der Waals surface area contributed by atoms with E-state index >= 15 is 0 Å². The third kappa shape index (κ3) is 3.64. The first-order valence-electron chi connectivity index (χ1n) is 9.99. The van der Waals surface area contributed by atoms with Crippen molar-refractivity contribution in [3.8, 4) is 0 Å². The summed E-state index contributed by atoms with van der Waals surface area (Å²) < 4.78 is 0. The highest BCUT2D eigenvalue weighted by Gasteiger charge is 2.47. The average Bonchev–Trinajstić information content (AvgIpc) is 3.02. The fraction of sp³-hybridized carbons (Fsp3) is 0.154. The summed E-state index contributed by atoms with van der Waals surface area (Å²) in [5.41, 5.74) is 4.71. The zero-order chi connectivity index (χ0) is 22.3. The molecule has 31 heavy (non-hydrogen) atoms. The zero-order valence-electron chi connectivity index (χ0n) is 17.5. The summed E-state index contributed by atoms with van der Waals surface area (Å²) in [6.45, 7) is 5.77. The highest BCUT2D eigenvalue weighted by Crippen LogP contribution is 2.43. The van der Waals surface area contributed by atoms with Gasteiger partial charge in [-0.2, -0.15) is 0 Å². The van der Waals surface area contributed by atoms with Gasteiger partial charge < -0.3 is 5.11 Å². The Morgan fingerprint density at radius 1 is 0.871 bits per heavy atom. The van der Waals surface area contributed by atoms with Gasteiger partial charge in [0.05, 0.1) is 11.6 Å². The van der Waals surface area contributed by atoms with Crippen LogP contribution in [0, 0.1) is 20.8 Å². The SMILES string of the molecule is Cc1ccc(/C(O)=C2\C(=O)C(=O)N(c3cc(Cl)ccc3C)C2c2ccccc2)cc1C. The molecule has 1 aliphatic heterocycles. The predicted molar refractivity (Wildman–Crippen MR) is 123 cm³/mol. The normalized spacial score (nSPS) is 17.9. The molecule has 4 rings (SSSR count). The fourth-order valence-electron chi connectivity index (χ4n) is 3.92. The van der Waals surface area contributed by atoms with Gasteiger partial charge in [0.15, 0.2) is 0 Å². The van der Waals surface area contributed by atoms with Gasteiger partial charge in [-0.15, -0.1) is 0 Å². The lowest BCUT2D eigenvalue weighted by atomic mass is 9.94. The van der Waals surface area contributed by atoms with E-state index in [1.54, 1.807) is 18.2 Å². The maximum Gasteiger partial charge on any atom is 0.300 e. The molecular formula is C26H22ClNO3. The minimum atomic E-state index is -0.764. The van der Waals surface area contributed by atoms with Gasteiger partial charge >= 0.3 is 0 Å². The van der Waals surface area contributed by atoms with Crippen molar-refractivity contribution in [3.63, 3.8) is 0 Å². The molecule has 0 saturated carbocycles. The minimum absolute atomic E-state index is 0.0684. The molecule has 3 aromatic carbocycles. The van der Waals surface area contributed by atoms with Gasteiger partial charge in [-0.05, 0) is 61.2 Å². The number of aliphatic hydroxyl groups is 1. The number of carbonyl (C=O) groups is 2. The maximum absolute atomic E-state index is 13.2. The molecule has 0 aliphatic carbocycles. The lowest BCUT2D eigenvalue weighted by Crippen LogP contribution is -2.30. The Balaban J connectivity index is 1.98. The number of Topliss-reactive ketones (excluding diaryl/α,β-unsaturated/α-hetero) is 1. The van der Waals surface area contributed by atoms with E-state index in [0.717, 1.165) is 22.3 Å². The number of aryl methyl sites for hydroxylation is 3. The number of anilines is 1. The average molecular weight is 432 g/mol. The summed E-state index contributed by atoms with van der Waals surface area (Å²) in [4.78, 5) is 27.8. The Hall–Kier alpha value is -3.37. The van der Waals surface area contributed by atoms with Crippen molar-refractivity contribution in [2.75, 3.05) is 4.90 Å². The second-order valence-corrected chi connectivity index (χ2v) is 8.25. The van der Waals surface area contributed by atoms with Gasteiger partial charge in [-0.25, -0.2) is 0 Å². The molecule has 1 N–H and O–H groups in total. The van der Waals surface area contributed by atoms with Gasteiger partial charge in [0, 0.05) is 16.3 Å². The van der Waals surface area contributed by atoms with Crippen LogP contribution in [0.5, 0.6) is 0 Å². The van der Waals surface area contributed by atoms with Crippen LogP contribution in [0.2, 0.25) is 5.02 Å². The number of benzene rings is 3. The zero-order valence-corrected chi connectivity index (χ0v) is 18.3. The first-order chi connectivity index (χ1) is 14.8. The molecule has 0 spiro atoms. The van der Waals surface area contributed by atoms with Crippen molar-refractivity contribution in [1.29, 1.82) is 0 Å². The molecule has 0 bridgehead atoms. The van der Waals surface area contributed by atoms with E-state index in [1.807, 2.05) is 69.3 Å². The number of hydrogen-bond acceptors (Lipinski definition) is 3. The topological polar surface area (TPSA) is 57.6 Å². The van der Waals surface area contributed by atoms with Crippen molar-refractivity contribution in [2.45, 2.75) is 26.8 Å². The van der Waals surface area contributed by atoms with Crippen molar-refractivity contribution >= 4 is 34.7 Å². The Kier molecular flexibility index (Phi) is 5.42. The van der Waals surface area contributed by atoms with E-state index in [9.17, 15) is 14.7 Å². The molecule has 1 aliphatic rings. The second kappa shape index (κ2) is 8.05. The number of amides is 1. The quantitative estimate of drug-likeness (QED) is 0.319. The van der Waals surface area contributed by atoms with Crippen LogP contribution in [-0.4, -0.2) is 16.8 Å². The molecule has 1 amide bonds. The number of nitrogens with zero attached hydrogens (tertiary/aromatic N) is 1. The first kappa shape index (κ1) is 20.9. The minimum Gasteiger partial charge on any atom is -0.507 e. The number of hydrogen-bond donors (Lipinski definition) is 1. The summed E-state index contributed by atoms with van der Waals surface area (Å²) in [5.74, 6) is -1.59. The lowest BCUT2D eigenvalue weighted by Gasteiger charge is -2.27. The van der Waals surface area contributed by atoms with E-state index in [2.05, 4.69) is 0 Å². The number of aliphatic hydroxyl groups excluding tert-OH is 1. The molecule has 0 radical (unpaired) electrons. The third-order valence-corrected chi connectivity index (χ3v) is 6.01. The van der Waals surface area contributed by atoms with Crippen molar-refractivity contribution in [2.24, 2.45) is 0 Å². The van der Waals surface area contributed by atoms with Gasteiger partial charge in [0.1, 0.15) is 5.76 Å². The molecule has 1 atom stereocenters. The summed E-state index contributed by atoms with van der Waals surface area (Å²) >= 11 is 6.22. The highest BCUT2D eigenvalue weighted by molar-refractivity contribution is 6.52. The van der Waals surface area contributed by atoms with E-state index in [-0.39, 0.29) is 11.3 Å². The molecule has 1 unspecified atom stereocenters. The lowest BCUT2D eigenvalue weighted by molar-refractivity contribution is -0.132. The molecule has 3 aromatic rings. The Labute approximate surface area is 186 Å². The molecule has 1 heterocycles. The molecule has 1 saturated heterocycles. The number of carbonyl (C=O) groups excluding carboxylic acids is 2. The van der Waals surface area contributed by atoms with E-state index in [4.69, 9.17) is 11.6 Å². The smallest absolute Gasteiger partial charge is 0.300 e. The molecular weight excluding hydrogens is 410 g/mol. The largest absolute Gasteiger partial charge is 0.507 e. The summed E-state index contributed by atoms with van der Waals surface area (Å²) in [7, 11) is 0. The maximum atomic E-state index is 13.2. The van der Waals surface area contributed by atoms with Crippen LogP contribution in [0.3, 0.4) is 0 Å². The second-order valence-electron chi connectivity index (χ2n) is 7.81. The number of ketones is 1. The standard InChI is InChI=1S/C26H22ClNO3/c1-15-9-11-19(13-17(15)3)24(29)22-23(18-7-5-4-6-8-18)28(26(31)25(22)30)21-14-20(27)12-10-16(21)2/h4-14,23,29H,1-3H3/b24-22+. The predicted octanol–water partition coefficient (Wildman–Crippen LogP) is 5.89. The summed E-state index contributed by atoms with van der Waals surface area (Å²) in [6.07, 6.45) is 0. The molecule has 5 heteroatoms. The fourth-order valence-corrected chi connectivity index (χ4v) is 4.08. The third-order valence-electron chi connectivity index (χ3n) is 5.77. The Bertz CT molecular complexity index is 1230. The van der Waals surface area contributed by atoms with Crippen molar-refractivity contribution < 1.29 is 14.7 Å².